The lowest BCUT2D eigenvalue weighted by atomic mass is 10.1. The van der Waals surface area contributed by atoms with Crippen LogP contribution in [0.3, 0.4) is 0 Å². The van der Waals surface area contributed by atoms with Crippen LogP contribution in [0.25, 0.3) is 0 Å². The van der Waals surface area contributed by atoms with Gasteiger partial charge in [-0.05, 0) is 11.1 Å². The fourth-order valence-corrected chi connectivity index (χ4v) is 2.39. The third kappa shape index (κ3) is 2.77. The zero-order chi connectivity index (χ0) is 12.2. The number of hydrogen-bond acceptors (Lipinski definition) is 4. The number of hydrogen-bond donors (Lipinski definition) is 1. The molecule has 4 nitrogen and oxygen atoms in total. The topological polar surface area (TPSA) is 36.9 Å². The molecule has 0 spiro atoms. The molecule has 1 aromatic rings. The quantitative estimate of drug-likeness (QED) is 0.858. The Hall–Kier alpha value is -1.23. The highest BCUT2D eigenvalue weighted by Crippen LogP contribution is 2.10. The van der Waals surface area contributed by atoms with Crippen molar-refractivity contribution in [1.29, 1.82) is 0 Å². The first-order valence-corrected chi connectivity index (χ1v) is 6.55. The number of benzene rings is 1. The standard InChI is InChI=1S/C14H19N3O/c1-3-13(14-9-15-11-16-14)4-2-12(1)10-17-5-7-18-8-6-17/h1-4,15H,5-11H2. The van der Waals surface area contributed by atoms with Crippen LogP contribution in [0.4, 0.5) is 0 Å². The molecule has 2 aliphatic heterocycles. The summed E-state index contributed by atoms with van der Waals surface area (Å²) < 4.78 is 5.36. The monoisotopic (exact) mass is 245 g/mol. The van der Waals surface area contributed by atoms with Crippen LogP contribution in [0.5, 0.6) is 0 Å². The lowest BCUT2D eigenvalue weighted by molar-refractivity contribution is 0.0342. The SMILES string of the molecule is c1cc(C2=NCNC2)ccc1CN1CCOCC1. The molecular formula is C14H19N3O. The van der Waals surface area contributed by atoms with Gasteiger partial charge in [-0.2, -0.15) is 0 Å². The number of morpholine rings is 1. The summed E-state index contributed by atoms with van der Waals surface area (Å²) in [6.07, 6.45) is 0. The minimum atomic E-state index is 0.755. The molecule has 3 rings (SSSR count). The Balaban J connectivity index is 1.63. The second-order valence-electron chi connectivity index (χ2n) is 4.78. The summed E-state index contributed by atoms with van der Waals surface area (Å²) in [5, 5.41) is 3.23. The van der Waals surface area contributed by atoms with Crippen LogP contribution in [0.2, 0.25) is 0 Å². The Morgan fingerprint density at radius 1 is 1.17 bits per heavy atom. The second-order valence-corrected chi connectivity index (χ2v) is 4.78. The molecule has 0 amide bonds. The molecule has 0 atom stereocenters. The predicted octanol–water partition coefficient (Wildman–Crippen LogP) is 0.869. The summed E-state index contributed by atoms with van der Waals surface area (Å²) in [5.41, 5.74) is 3.78. The summed E-state index contributed by atoms with van der Waals surface area (Å²) in [7, 11) is 0. The largest absolute Gasteiger partial charge is 0.379 e. The van der Waals surface area contributed by atoms with E-state index in [0.29, 0.717) is 0 Å². The van der Waals surface area contributed by atoms with Crippen molar-refractivity contribution < 1.29 is 4.74 Å². The summed E-state index contributed by atoms with van der Waals surface area (Å²) in [4.78, 5) is 6.87. The van der Waals surface area contributed by atoms with Crippen molar-refractivity contribution in [3.63, 3.8) is 0 Å². The smallest absolute Gasteiger partial charge is 0.0891 e. The molecule has 1 fully saturated rings. The molecule has 0 saturated carbocycles. The van der Waals surface area contributed by atoms with Gasteiger partial charge in [-0.25, -0.2) is 0 Å². The van der Waals surface area contributed by atoms with E-state index in [1.165, 1.54) is 16.8 Å². The molecule has 0 unspecified atom stereocenters. The van der Waals surface area contributed by atoms with Crippen LogP contribution in [0.15, 0.2) is 29.3 Å². The number of nitrogens with one attached hydrogen (secondary N) is 1. The fourth-order valence-electron chi connectivity index (χ4n) is 2.39. The zero-order valence-corrected chi connectivity index (χ0v) is 10.6. The summed E-state index contributed by atoms with van der Waals surface area (Å²) >= 11 is 0. The van der Waals surface area contributed by atoms with Crippen molar-refractivity contribution in [3.8, 4) is 0 Å². The van der Waals surface area contributed by atoms with E-state index in [4.69, 9.17) is 4.74 Å². The Bertz CT molecular complexity index is 421. The number of aliphatic imine (C=N–C) groups is 1. The first-order chi connectivity index (χ1) is 8.92. The van der Waals surface area contributed by atoms with Gasteiger partial charge in [0.15, 0.2) is 0 Å². The minimum Gasteiger partial charge on any atom is -0.379 e. The van der Waals surface area contributed by atoms with E-state index in [0.717, 1.165) is 46.1 Å². The van der Waals surface area contributed by atoms with Crippen LogP contribution in [-0.4, -0.2) is 50.1 Å². The van der Waals surface area contributed by atoms with E-state index in [9.17, 15) is 0 Å². The van der Waals surface area contributed by atoms with Gasteiger partial charge < -0.3 is 4.74 Å². The molecule has 0 aliphatic carbocycles. The van der Waals surface area contributed by atoms with Crippen molar-refractivity contribution in [2.75, 3.05) is 39.5 Å². The van der Waals surface area contributed by atoms with E-state index in [1.54, 1.807) is 0 Å². The highest BCUT2D eigenvalue weighted by atomic mass is 16.5. The van der Waals surface area contributed by atoms with Gasteiger partial charge in [-0.1, -0.05) is 24.3 Å². The molecule has 0 bridgehead atoms. The first kappa shape index (κ1) is 11.8. The van der Waals surface area contributed by atoms with Crippen LogP contribution < -0.4 is 5.32 Å². The van der Waals surface area contributed by atoms with E-state index < -0.39 is 0 Å². The minimum absolute atomic E-state index is 0.755. The number of ether oxygens (including phenoxy) is 1. The molecular weight excluding hydrogens is 226 g/mol. The van der Waals surface area contributed by atoms with Crippen molar-refractivity contribution >= 4 is 5.71 Å². The van der Waals surface area contributed by atoms with Gasteiger partial charge >= 0.3 is 0 Å². The zero-order valence-electron chi connectivity index (χ0n) is 10.6. The Morgan fingerprint density at radius 2 is 1.94 bits per heavy atom. The summed E-state index contributed by atoms with van der Waals surface area (Å²) in [6.45, 7) is 6.47. The van der Waals surface area contributed by atoms with Crippen molar-refractivity contribution in [1.82, 2.24) is 10.2 Å². The van der Waals surface area contributed by atoms with E-state index in [2.05, 4.69) is 39.5 Å². The molecule has 2 aliphatic rings. The van der Waals surface area contributed by atoms with Crippen LogP contribution in [0, 0.1) is 0 Å². The average Bonchev–Trinajstić information content (AvgIpc) is 2.95. The van der Waals surface area contributed by atoms with Gasteiger partial charge in [-0.15, -0.1) is 0 Å². The normalized spacial score (nSPS) is 21.0. The van der Waals surface area contributed by atoms with Crippen LogP contribution >= 0.6 is 0 Å². The lowest BCUT2D eigenvalue weighted by Gasteiger charge is -2.26. The third-order valence-corrected chi connectivity index (χ3v) is 3.47. The molecule has 0 aromatic heterocycles. The average molecular weight is 245 g/mol. The van der Waals surface area contributed by atoms with Gasteiger partial charge in [0.25, 0.3) is 0 Å². The molecule has 0 radical (unpaired) electrons. The van der Waals surface area contributed by atoms with E-state index >= 15 is 0 Å². The molecule has 96 valence electrons. The number of rotatable bonds is 3. The Labute approximate surface area is 108 Å². The Kier molecular flexibility index (Phi) is 3.69. The highest BCUT2D eigenvalue weighted by Gasteiger charge is 2.11. The third-order valence-electron chi connectivity index (χ3n) is 3.47. The van der Waals surface area contributed by atoms with E-state index in [1.807, 2.05) is 0 Å². The molecule has 2 heterocycles. The second kappa shape index (κ2) is 5.61. The lowest BCUT2D eigenvalue weighted by Crippen LogP contribution is -2.35. The fraction of sp³-hybridized carbons (Fsp3) is 0.500. The summed E-state index contributed by atoms with van der Waals surface area (Å²) in [5.74, 6) is 0. The maximum atomic E-state index is 5.36. The Morgan fingerprint density at radius 3 is 2.61 bits per heavy atom. The van der Waals surface area contributed by atoms with E-state index in [-0.39, 0.29) is 0 Å². The molecule has 18 heavy (non-hydrogen) atoms. The molecule has 1 aromatic carbocycles. The maximum Gasteiger partial charge on any atom is 0.0891 e. The van der Waals surface area contributed by atoms with Gasteiger partial charge in [-0.3, -0.25) is 15.2 Å². The van der Waals surface area contributed by atoms with Gasteiger partial charge in [0, 0.05) is 26.2 Å². The molecule has 1 N–H and O–H groups in total. The first-order valence-electron chi connectivity index (χ1n) is 6.55. The maximum absolute atomic E-state index is 5.36. The van der Waals surface area contributed by atoms with Gasteiger partial charge in [0.2, 0.25) is 0 Å². The highest BCUT2D eigenvalue weighted by molar-refractivity contribution is 6.02. The van der Waals surface area contributed by atoms with Crippen molar-refractivity contribution in [2.24, 2.45) is 4.99 Å². The predicted molar refractivity (Wildman–Crippen MR) is 71.9 cm³/mol. The van der Waals surface area contributed by atoms with Crippen molar-refractivity contribution in [3.05, 3.63) is 35.4 Å². The van der Waals surface area contributed by atoms with Crippen LogP contribution in [0.1, 0.15) is 11.1 Å². The van der Waals surface area contributed by atoms with Gasteiger partial charge in [0.1, 0.15) is 0 Å². The number of nitrogens with zero attached hydrogens (tertiary/aromatic N) is 2. The molecule has 1 saturated heterocycles. The van der Waals surface area contributed by atoms with Crippen molar-refractivity contribution in [2.45, 2.75) is 6.54 Å². The van der Waals surface area contributed by atoms with Gasteiger partial charge in [0.05, 0.1) is 25.6 Å². The summed E-state index contributed by atoms with van der Waals surface area (Å²) in [6, 6.07) is 8.79. The van der Waals surface area contributed by atoms with Crippen LogP contribution in [-0.2, 0) is 11.3 Å². The molecule has 4 heteroatoms.